The van der Waals surface area contributed by atoms with Crippen LogP contribution < -0.4 is 76.5 Å². The second kappa shape index (κ2) is 49.9. The third-order valence-corrected chi connectivity index (χ3v) is 25.9. The van der Waals surface area contributed by atoms with Gasteiger partial charge in [-0.25, -0.2) is 0 Å². The number of ketones is 1. The van der Waals surface area contributed by atoms with Crippen molar-refractivity contribution >= 4 is 150 Å². The number of benzene rings is 3. The summed E-state index contributed by atoms with van der Waals surface area (Å²) < 4.78 is 0.902. The van der Waals surface area contributed by atoms with Crippen molar-refractivity contribution < 1.29 is 107 Å². The Morgan fingerprint density at radius 1 is 0.598 bits per heavy atom. The number of β-amino-alcohol motifs (C(OH)–C–C–N with tert-alkyl or cyclic N) is 1. The fraction of sp³-hybridized carbons (Fsp3) is 0.545. The number of carbonyl (C=O) groups is 18. The largest absolute Gasteiger partial charge is 0.508 e. The number of H-pyrrole nitrogens is 1. The number of hydrogen-bond donors (Lipinski definition) is 19. The Kier molecular flexibility index (Phi) is 39.7. The van der Waals surface area contributed by atoms with Crippen molar-refractivity contribution in [2.45, 2.75) is 233 Å². The number of nitrogens with one attached hydrogen (secondary N) is 10. The Hall–Kier alpha value is -12.2. The van der Waals surface area contributed by atoms with Gasteiger partial charge in [0, 0.05) is 100 Å². The number of carboxylic acid groups (broad SMARTS) is 2. The third kappa shape index (κ3) is 28.6. The van der Waals surface area contributed by atoms with E-state index in [4.69, 9.17) is 28.7 Å². The second-order valence-corrected chi connectivity index (χ2v) is 35.4. The first kappa shape index (κ1) is 105. The van der Waals surface area contributed by atoms with Crippen LogP contribution in [-0.4, -0.2) is 318 Å². The minimum absolute atomic E-state index is 0.00903. The average molecular weight is 1880 g/mol. The van der Waals surface area contributed by atoms with Crippen LogP contribution in [0.15, 0.2) is 84.4 Å². The maximum atomic E-state index is 15.4. The zero-order valence-electron chi connectivity index (χ0n) is 74.8. The number of aliphatic hydroxyl groups excluding tert-OH is 1. The van der Waals surface area contributed by atoms with Gasteiger partial charge in [-0.15, -0.1) is 23.1 Å². The number of likely N-dealkylation sites (tertiary alicyclic amines) is 2. The van der Waals surface area contributed by atoms with Crippen LogP contribution in [0.25, 0.3) is 21.0 Å². The highest BCUT2D eigenvalue weighted by molar-refractivity contribution is 8.00. The van der Waals surface area contributed by atoms with Crippen molar-refractivity contribution in [2.75, 3.05) is 71.9 Å². The number of aliphatic carboxylic acids is 2. The molecule has 132 heavy (non-hydrogen) atoms. The minimum Gasteiger partial charge on any atom is -0.508 e. The van der Waals surface area contributed by atoms with Gasteiger partial charge in [-0.2, -0.15) is 0 Å². The van der Waals surface area contributed by atoms with Gasteiger partial charge in [0.15, 0.2) is 5.78 Å². The Morgan fingerprint density at radius 2 is 1.19 bits per heavy atom. The van der Waals surface area contributed by atoms with Crippen LogP contribution in [0.5, 0.6) is 5.75 Å². The van der Waals surface area contributed by atoms with Crippen LogP contribution in [0.4, 0.5) is 0 Å². The number of aromatic nitrogens is 1. The normalized spacial score (nSPS) is 17.8. The van der Waals surface area contributed by atoms with Crippen LogP contribution >= 0.6 is 23.1 Å². The lowest BCUT2D eigenvalue weighted by molar-refractivity contribution is -0.149. The van der Waals surface area contributed by atoms with Gasteiger partial charge in [0.05, 0.1) is 30.9 Å². The highest BCUT2D eigenvalue weighted by atomic mass is 32.2. The number of aromatic amines is 1. The molecule has 2 saturated heterocycles. The van der Waals surface area contributed by atoms with Crippen molar-refractivity contribution in [3.05, 3.63) is 101 Å². The van der Waals surface area contributed by atoms with E-state index >= 15 is 14.4 Å². The molecule has 3 fully saturated rings. The third-order valence-electron chi connectivity index (χ3n) is 23.8. The van der Waals surface area contributed by atoms with Gasteiger partial charge in [-0.05, 0) is 130 Å². The van der Waals surface area contributed by atoms with E-state index in [-0.39, 0.29) is 115 Å². The highest BCUT2D eigenvalue weighted by Crippen LogP contribution is 2.46. The number of phenolic OH excluding ortho intramolecular Hbond substituents is 1. The number of phenols is 1. The quantitative estimate of drug-likeness (QED) is 0.0187. The van der Waals surface area contributed by atoms with Crippen molar-refractivity contribution in [1.29, 1.82) is 0 Å². The first-order valence-electron chi connectivity index (χ1n) is 44.1. The maximum absolute atomic E-state index is 15.4. The molecule has 1 saturated carbocycles. The topological polar surface area (TPSA) is 659 Å². The summed E-state index contributed by atoms with van der Waals surface area (Å²) in [5.41, 5.74) is 31.3. The molecule has 1 aliphatic carbocycles. The van der Waals surface area contributed by atoms with Crippen molar-refractivity contribution in [3.63, 3.8) is 0 Å². The SMILES string of the molecule is CCCC[C@@H](C(=O)N(C)[C@@H](CCCC)C(=O)N[C@@H](CCCN)C(=O)N[C@@H](CSCC(=O)N[C@@H](Cc1ccc(O)cc1)C(=O)N(C)[C@@H](C)C(=O)N[C@@H](CC(=O)O)C(=O)N1CCC[C@H]1C(=O)N[C@@H](CN)C(=O)N[C@@H](CCC(=O)O)C(=O)N1C[C@H](O)C[C@]12CC2=O)C(=O)NCC(N)=O)N(C)C(=O)[C@H](Cc1csc2ccccc12)NC(=O)[C@H](CCN)NC(=O)[C@@H](N)Cc1c[nH]c2ccccc12. The zero-order valence-corrected chi connectivity index (χ0v) is 76.5. The number of thioether (sulfide) groups is 1. The van der Waals surface area contributed by atoms with Crippen molar-refractivity contribution in [3.8, 4) is 5.75 Å². The number of likely N-dealkylation sites (N-methyl/N-ethyl adjacent to an activating group) is 3. The van der Waals surface area contributed by atoms with Crippen LogP contribution in [0.3, 0.4) is 0 Å². The Morgan fingerprint density at radius 3 is 1.83 bits per heavy atom. The number of thiophene rings is 1. The van der Waals surface area contributed by atoms with E-state index < -0.39 is 235 Å². The molecule has 15 amide bonds. The molecular formula is C88H124N20O22S2. The number of amides is 15. The van der Waals surface area contributed by atoms with E-state index in [1.807, 2.05) is 67.8 Å². The Balaban J connectivity index is 0.932. The summed E-state index contributed by atoms with van der Waals surface area (Å²) in [6.45, 7) is 3.20. The lowest BCUT2D eigenvalue weighted by Crippen LogP contribution is -2.61. The smallest absolute Gasteiger partial charge is 0.305 e. The summed E-state index contributed by atoms with van der Waals surface area (Å²) in [7, 11) is 3.99. The van der Waals surface area contributed by atoms with Crippen LogP contribution in [-0.2, 0) is 106 Å². The molecule has 42 nitrogen and oxygen atoms in total. The van der Waals surface area contributed by atoms with Gasteiger partial charge in [0.1, 0.15) is 83.8 Å². The van der Waals surface area contributed by atoms with E-state index in [9.17, 15) is 92.3 Å². The fourth-order valence-corrected chi connectivity index (χ4v) is 18.0. The second-order valence-electron chi connectivity index (χ2n) is 33.5. The number of Topliss-reactive ketones (excluding diaryl/α,β-unsaturated/α-hetero) is 1. The monoisotopic (exact) mass is 1880 g/mol. The summed E-state index contributed by atoms with van der Waals surface area (Å²) in [5, 5.41) is 66.8. The minimum atomic E-state index is -1.89. The van der Waals surface area contributed by atoms with Gasteiger partial charge in [0.25, 0.3) is 0 Å². The molecular weight excluding hydrogens is 1750 g/mol. The molecule has 1 spiro atoms. The molecule has 720 valence electrons. The summed E-state index contributed by atoms with van der Waals surface area (Å²) in [6.07, 6.45) is 0.341. The number of primary amides is 1. The molecule has 0 bridgehead atoms. The van der Waals surface area contributed by atoms with Crippen molar-refractivity contribution in [2.24, 2.45) is 28.7 Å². The number of rotatable bonds is 53. The lowest BCUT2D eigenvalue weighted by Gasteiger charge is -2.36. The number of nitrogens with zero attached hydrogens (tertiary/aromatic N) is 5. The first-order valence-corrected chi connectivity index (χ1v) is 46.1. The summed E-state index contributed by atoms with van der Waals surface area (Å²) in [6, 6.07) is 1.63. The molecule has 24 N–H and O–H groups in total. The van der Waals surface area contributed by atoms with Gasteiger partial charge in [-0.3, -0.25) is 86.3 Å². The molecule has 3 aliphatic rings. The molecule has 0 unspecified atom stereocenters. The van der Waals surface area contributed by atoms with Crippen LogP contribution in [0.2, 0.25) is 0 Å². The molecule has 4 heterocycles. The van der Waals surface area contributed by atoms with E-state index in [1.54, 1.807) is 6.20 Å². The maximum Gasteiger partial charge on any atom is 0.305 e. The van der Waals surface area contributed by atoms with Crippen LogP contribution in [0.1, 0.15) is 140 Å². The molecule has 8 rings (SSSR count). The molecule has 15 atom stereocenters. The summed E-state index contributed by atoms with van der Waals surface area (Å²) >= 11 is 2.19. The number of carbonyl (C=O) groups excluding carboxylic acids is 16. The molecule has 2 aliphatic heterocycles. The lowest BCUT2D eigenvalue weighted by atomic mass is 9.99. The first-order chi connectivity index (χ1) is 62.8. The molecule has 0 radical (unpaired) electrons. The zero-order chi connectivity index (χ0) is 97.0. The molecule has 44 heteroatoms. The highest BCUT2D eigenvalue weighted by Gasteiger charge is 2.64. The van der Waals surface area contributed by atoms with Gasteiger partial charge in [0.2, 0.25) is 88.6 Å². The van der Waals surface area contributed by atoms with E-state index in [2.05, 4.69) is 52.8 Å². The number of fused-ring (bicyclic) bond motifs is 2. The summed E-state index contributed by atoms with van der Waals surface area (Å²) in [5.74, 6) is -17.6. The van der Waals surface area contributed by atoms with Gasteiger partial charge >= 0.3 is 11.9 Å². The predicted molar refractivity (Wildman–Crippen MR) is 486 cm³/mol. The molecule has 5 aromatic rings. The molecule has 2 aromatic heterocycles. The number of carboxylic acids is 2. The summed E-state index contributed by atoms with van der Waals surface area (Å²) in [4.78, 5) is 260. The standard InChI is InChI=1S/C88H124N20O22S2/c1-7-9-21-66(105(5)87(130)68(22-10-8-2)106(6)84(127)62(37-51-45-132-69-24-14-12-18-55(51)69)101-79(122)59(31-33-90)97-76(119)56(92)36-50-42-94-57-19-13-11-17-54(50)57)81(124)98-58(20-15-32-89)78(121)103-65(77(120)95-43-71(93)112)46-131-47-72(113)96-61(35-49-25-27-52(109)28-26-49)83(126)104(4)48(3)75(118)100-63(38-74(116)117)85(128)107-34-16-23-67(107)82(125)102-64(41-91)80(123)99-60(29-30-73(114)115)86(129)108-44-53(110)39-88(108)40-70(88)111/h11-14,17-19,24-28,42,45,48,53,56,58-68,94,109-110H,7-10,15-16,20-23,29-41,43-44,46-47,89-92H2,1-6H3,(H2,93,112)(H,95,120)(H,96,113)(H,97,119)(H,98,124)(H,99,123)(H,100,118)(H,101,122)(H,102,125)(H,103,121)(H,114,115)(H,116,117)/t48-,53+,56-,58-,59-,60-,61-,62-,63-,64-,65-,66-,67-,68-,88+/m0/s1. The Labute approximate surface area is 770 Å². The predicted octanol–water partition coefficient (Wildman–Crippen LogP) is -2.78. The Bertz CT molecular complexity index is 4980. The number of para-hydroxylation sites is 1. The average Bonchev–Trinajstić information content (AvgIpc) is 1.55. The number of aliphatic hydroxyl groups is 1. The number of unbranched alkanes of at least 4 members (excludes halogenated alkanes) is 2. The molecule has 3 aromatic carbocycles. The number of hydrogen-bond acceptors (Lipinski definition) is 26. The van der Waals surface area contributed by atoms with Gasteiger partial charge < -0.3 is 126 Å². The van der Waals surface area contributed by atoms with E-state index in [0.29, 0.717) is 36.8 Å². The number of nitrogens with two attached hydrogens (primary N) is 5. The van der Waals surface area contributed by atoms with E-state index in [1.165, 1.54) is 73.5 Å². The van der Waals surface area contributed by atoms with Crippen molar-refractivity contribution in [1.82, 2.24) is 77.3 Å². The van der Waals surface area contributed by atoms with E-state index in [0.717, 1.165) is 53.0 Å². The fourth-order valence-electron chi connectivity index (χ4n) is 16.2. The van der Waals surface area contributed by atoms with Gasteiger partial charge in [-0.1, -0.05) is 88.1 Å². The number of aromatic hydroxyl groups is 1. The van der Waals surface area contributed by atoms with Crippen LogP contribution in [0, 0.1) is 0 Å².